The van der Waals surface area contributed by atoms with E-state index in [9.17, 15) is 25.5 Å². The number of benzene rings is 2. The van der Waals surface area contributed by atoms with Crippen molar-refractivity contribution in [2.75, 3.05) is 27.3 Å². The molecule has 0 fully saturated rings. The van der Waals surface area contributed by atoms with Crippen LogP contribution in [0.4, 0.5) is 0 Å². The van der Waals surface area contributed by atoms with Crippen LogP contribution in [0.15, 0.2) is 42.5 Å². The van der Waals surface area contributed by atoms with Crippen LogP contribution in [0.5, 0.6) is 17.2 Å². The molecule has 2 aromatic rings. The van der Waals surface area contributed by atoms with Crippen LogP contribution in [0.1, 0.15) is 11.1 Å². The highest BCUT2D eigenvalue weighted by Gasteiger charge is 2.37. The van der Waals surface area contributed by atoms with Gasteiger partial charge in [-0.2, -0.15) is 0 Å². The lowest BCUT2D eigenvalue weighted by Gasteiger charge is -2.29. The predicted molar refractivity (Wildman–Crippen MR) is 104 cm³/mol. The molecule has 160 valence electrons. The number of aliphatic hydroxyl groups is 5. The summed E-state index contributed by atoms with van der Waals surface area (Å²) in [4.78, 5) is 0. The summed E-state index contributed by atoms with van der Waals surface area (Å²) in [6.07, 6.45) is -1.77. The summed E-state index contributed by atoms with van der Waals surface area (Å²) < 4.78 is 15.3. The molecule has 0 aliphatic carbocycles. The maximum absolute atomic E-state index is 10.3. The van der Waals surface area contributed by atoms with Gasteiger partial charge in [-0.15, -0.1) is 0 Å². The second kappa shape index (κ2) is 9.40. The van der Waals surface area contributed by atoms with Crippen molar-refractivity contribution < 1.29 is 39.7 Å². The fourth-order valence-corrected chi connectivity index (χ4v) is 2.62. The number of aliphatic hydroxyl groups excluding tert-OH is 1. The second-order valence-electron chi connectivity index (χ2n) is 6.61. The zero-order valence-corrected chi connectivity index (χ0v) is 16.5. The molecular formula is C20H27NO8. The van der Waals surface area contributed by atoms with E-state index in [1.54, 1.807) is 25.1 Å². The lowest BCUT2D eigenvalue weighted by atomic mass is 10.0. The molecular weight excluding hydrogens is 382 g/mol. The highest BCUT2D eigenvalue weighted by Crippen LogP contribution is 2.31. The Labute approximate surface area is 168 Å². The zero-order valence-electron chi connectivity index (χ0n) is 16.5. The average molecular weight is 409 g/mol. The fourth-order valence-electron chi connectivity index (χ4n) is 2.62. The number of methoxy groups -OCH3 is 2. The monoisotopic (exact) mass is 409 g/mol. The molecule has 0 saturated carbocycles. The lowest BCUT2D eigenvalue weighted by molar-refractivity contribution is -0.336. The first-order chi connectivity index (χ1) is 13.6. The Morgan fingerprint density at radius 1 is 0.966 bits per heavy atom. The zero-order chi connectivity index (χ0) is 21.7. The molecule has 0 saturated heterocycles. The van der Waals surface area contributed by atoms with Crippen molar-refractivity contribution in [2.45, 2.75) is 24.8 Å². The Morgan fingerprint density at radius 2 is 1.66 bits per heavy atom. The Hall–Kier alpha value is -2.40. The molecule has 9 heteroatoms. The molecule has 2 rings (SSSR count). The molecule has 0 aliphatic heterocycles. The van der Waals surface area contributed by atoms with E-state index in [-0.39, 0.29) is 11.3 Å². The van der Waals surface area contributed by atoms with Gasteiger partial charge in [0.25, 0.3) is 0 Å². The SMILES string of the molecule is COc1ccc(C(O)(O)CNCC(O)C(O)(O)Oc2cccc(C)c2)cc1OC. The largest absolute Gasteiger partial charge is 0.493 e. The van der Waals surface area contributed by atoms with Gasteiger partial charge in [0.15, 0.2) is 17.6 Å². The van der Waals surface area contributed by atoms with Crippen LogP contribution in [0.2, 0.25) is 0 Å². The predicted octanol–water partition coefficient (Wildman–Crippen LogP) is -0.182. The summed E-state index contributed by atoms with van der Waals surface area (Å²) in [5, 5.41) is 53.2. The number of rotatable bonds is 10. The number of nitrogens with one attached hydrogen (secondary N) is 1. The van der Waals surface area contributed by atoms with E-state index >= 15 is 0 Å². The molecule has 6 N–H and O–H groups in total. The summed E-state index contributed by atoms with van der Waals surface area (Å²) in [7, 11) is 2.88. The Balaban J connectivity index is 1.96. The van der Waals surface area contributed by atoms with Gasteiger partial charge in [-0.1, -0.05) is 12.1 Å². The molecule has 1 unspecified atom stereocenters. The van der Waals surface area contributed by atoms with Crippen molar-refractivity contribution in [2.24, 2.45) is 0 Å². The van der Waals surface area contributed by atoms with Crippen LogP contribution in [0.3, 0.4) is 0 Å². The maximum Gasteiger partial charge on any atom is 0.350 e. The van der Waals surface area contributed by atoms with Crippen molar-refractivity contribution in [1.82, 2.24) is 5.32 Å². The van der Waals surface area contributed by atoms with Gasteiger partial charge in [0, 0.05) is 12.1 Å². The van der Waals surface area contributed by atoms with E-state index < -0.39 is 31.0 Å². The molecule has 0 amide bonds. The minimum atomic E-state index is -2.88. The number of ether oxygens (including phenoxy) is 3. The van der Waals surface area contributed by atoms with Gasteiger partial charge in [-0.3, -0.25) is 0 Å². The van der Waals surface area contributed by atoms with Crippen LogP contribution in [-0.2, 0) is 5.79 Å². The Morgan fingerprint density at radius 3 is 2.28 bits per heavy atom. The molecule has 1 atom stereocenters. The molecule has 0 heterocycles. The summed E-state index contributed by atoms with van der Waals surface area (Å²) in [5.74, 6) is -4.29. The topological polar surface area (TPSA) is 141 Å². The van der Waals surface area contributed by atoms with Crippen LogP contribution in [-0.4, -0.2) is 64.9 Å². The van der Waals surface area contributed by atoms with Crippen molar-refractivity contribution >= 4 is 0 Å². The normalized spacial score (nSPS) is 13.1. The number of hydrogen-bond acceptors (Lipinski definition) is 9. The minimum Gasteiger partial charge on any atom is -0.493 e. The van der Waals surface area contributed by atoms with E-state index in [0.717, 1.165) is 5.56 Å². The maximum atomic E-state index is 10.3. The van der Waals surface area contributed by atoms with Crippen molar-refractivity contribution in [3.8, 4) is 17.2 Å². The first-order valence-corrected chi connectivity index (χ1v) is 8.85. The third kappa shape index (κ3) is 6.04. The third-order valence-corrected chi connectivity index (χ3v) is 4.25. The third-order valence-electron chi connectivity index (χ3n) is 4.25. The van der Waals surface area contributed by atoms with E-state index in [4.69, 9.17) is 14.2 Å². The standard InChI is InChI=1S/C20H27NO8/c1-13-5-4-6-15(9-13)29-20(25,26)18(22)11-21-12-19(23,24)14-7-8-16(27-2)17(10-14)28-3/h4-10,18,21-26H,11-12H2,1-3H3. The average Bonchev–Trinajstić information content (AvgIpc) is 2.66. The van der Waals surface area contributed by atoms with Gasteiger partial charge >= 0.3 is 5.97 Å². The summed E-state index contributed by atoms with van der Waals surface area (Å²) in [6.45, 7) is 0.993. The van der Waals surface area contributed by atoms with E-state index in [1.165, 1.54) is 38.5 Å². The van der Waals surface area contributed by atoms with Crippen LogP contribution in [0.25, 0.3) is 0 Å². The highest BCUT2D eigenvalue weighted by atomic mass is 16.8. The summed E-state index contributed by atoms with van der Waals surface area (Å²) >= 11 is 0. The fraction of sp³-hybridized carbons (Fsp3) is 0.400. The number of hydrogen-bond donors (Lipinski definition) is 6. The van der Waals surface area contributed by atoms with Crippen LogP contribution < -0.4 is 19.5 Å². The van der Waals surface area contributed by atoms with Crippen molar-refractivity contribution in [3.05, 3.63) is 53.6 Å². The van der Waals surface area contributed by atoms with E-state index in [2.05, 4.69) is 5.32 Å². The Bertz CT molecular complexity index is 809. The van der Waals surface area contributed by atoms with Gasteiger partial charge in [-0.25, -0.2) is 0 Å². The first kappa shape index (κ1) is 22.9. The van der Waals surface area contributed by atoms with Gasteiger partial charge in [-0.05, 0) is 42.8 Å². The van der Waals surface area contributed by atoms with Crippen molar-refractivity contribution in [3.63, 3.8) is 0 Å². The summed E-state index contributed by atoms with van der Waals surface area (Å²) in [5.41, 5.74) is 0.957. The quantitative estimate of drug-likeness (QED) is 0.295. The number of aryl methyl sites for hydroxylation is 1. The smallest absolute Gasteiger partial charge is 0.350 e. The van der Waals surface area contributed by atoms with E-state index in [0.29, 0.717) is 11.5 Å². The molecule has 2 aromatic carbocycles. The second-order valence-corrected chi connectivity index (χ2v) is 6.61. The molecule has 0 bridgehead atoms. The van der Waals surface area contributed by atoms with Gasteiger partial charge in [0.05, 0.1) is 20.8 Å². The summed E-state index contributed by atoms with van der Waals surface area (Å²) in [6, 6.07) is 10.9. The van der Waals surface area contributed by atoms with Crippen molar-refractivity contribution in [1.29, 1.82) is 0 Å². The van der Waals surface area contributed by atoms with Crippen LogP contribution >= 0.6 is 0 Å². The van der Waals surface area contributed by atoms with Gasteiger partial charge in [0.2, 0.25) is 5.79 Å². The molecule has 0 aliphatic rings. The molecule has 0 radical (unpaired) electrons. The van der Waals surface area contributed by atoms with E-state index in [1.807, 2.05) is 0 Å². The lowest BCUT2D eigenvalue weighted by Crippen LogP contribution is -2.53. The van der Waals surface area contributed by atoms with Gasteiger partial charge < -0.3 is 45.1 Å². The molecule has 0 aromatic heterocycles. The van der Waals surface area contributed by atoms with Gasteiger partial charge in [0.1, 0.15) is 5.75 Å². The molecule has 9 nitrogen and oxygen atoms in total. The Kier molecular flexibility index (Phi) is 7.42. The molecule has 29 heavy (non-hydrogen) atoms. The first-order valence-electron chi connectivity index (χ1n) is 8.85. The molecule has 0 spiro atoms. The van der Waals surface area contributed by atoms with Crippen LogP contribution in [0, 0.1) is 6.92 Å². The minimum absolute atomic E-state index is 0.118. The highest BCUT2D eigenvalue weighted by molar-refractivity contribution is 5.44.